The van der Waals surface area contributed by atoms with Gasteiger partial charge in [-0.15, -0.1) is 0 Å². The molecule has 2 rings (SSSR count). The maximum absolute atomic E-state index is 11.4. The monoisotopic (exact) mass is 245 g/mol. The average Bonchev–Trinajstić information content (AvgIpc) is 2.96. The molecule has 1 fully saturated rings. The summed E-state index contributed by atoms with van der Waals surface area (Å²) in [6.45, 7) is 0. The fourth-order valence-corrected chi connectivity index (χ4v) is 1.73. The van der Waals surface area contributed by atoms with Crippen LogP contribution in [0.1, 0.15) is 12.8 Å². The molecule has 15 heavy (non-hydrogen) atoms. The van der Waals surface area contributed by atoms with Gasteiger partial charge in [-0.25, -0.2) is 0 Å². The van der Waals surface area contributed by atoms with Gasteiger partial charge < -0.3 is 10.4 Å². The van der Waals surface area contributed by atoms with Crippen molar-refractivity contribution in [3.63, 3.8) is 0 Å². The summed E-state index contributed by atoms with van der Waals surface area (Å²) >= 11 is 11.5. The van der Waals surface area contributed by atoms with E-state index in [9.17, 15) is 9.90 Å². The summed E-state index contributed by atoms with van der Waals surface area (Å²) in [7, 11) is 0. The zero-order valence-electron chi connectivity index (χ0n) is 7.76. The van der Waals surface area contributed by atoms with Crippen molar-refractivity contribution in [2.45, 2.75) is 12.8 Å². The normalized spacial score (nSPS) is 15.1. The van der Waals surface area contributed by atoms with Crippen LogP contribution in [0.15, 0.2) is 12.1 Å². The van der Waals surface area contributed by atoms with Crippen LogP contribution in [0.25, 0.3) is 0 Å². The summed E-state index contributed by atoms with van der Waals surface area (Å²) < 4.78 is 0. The highest BCUT2D eigenvalue weighted by Gasteiger charge is 2.30. The molecule has 1 aromatic carbocycles. The summed E-state index contributed by atoms with van der Waals surface area (Å²) in [5.41, 5.74) is 0.268. The molecule has 0 heterocycles. The fourth-order valence-electron chi connectivity index (χ4n) is 1.24. The summed E-state index contributed by atoms with van der Waals surface area (Å²) in [6, 6.07) is 2.90. The third-order valence-corrected chi connectivity index (χ3v) is 2.74. The van der Waals surface area contributed by atoms with Crippen LogP contribution < -0.4 is 5.32 Å². The van der Waals surface area contributed by atoms with Crippen molar-refractivity contribution < 1.29 is 9.90 Å². The van der Waals surface area contributed by atoms with E-state index in [4.69, 9.17) is 23.2 Å². The third-order valence-electron chi connectivity index (χ3n) is 2.23. The highest BCUT2D eigenvalue weighted by atomic mass is 35.5. The number of hydrogen-bond acceptors (Lipinski definition) is 2. The van der Waals surface area contributed by atoms with E-state index in [2.05, 4.69) is 5.32 Å². The molecule has 0 aliphatic heterocycles. The number of rotatable bonds is 2. The number of carbonyl (C=O) groups is 1. The Labute approximate surface area is 97.0 Å². The van der Waals surface area contributed by atoms with Crippen LogP contribution in [-0.2, 0) is 4.79 Å². The fraction of sp³-hybridized carbons (Fsp3) is 0.300. The topological polar surface area (TPSA) is 49.3 Å². The number of benzene rings is 1. The molecule has 1 aliphatic carbocycles. The predicted molar refractivity (Wildman–Crippen MR) is 59.5 cm³/mol. The van der Waals surface area contributed by atoms with Crippen molar-refractivity contribution in [1.82, 2.24) is 0 Å². The lowest BCUT2D eigenvalue weighted by atomic mass is 10.2. The molecule has 0 saturated heterocycles. The Bertz CT molecular complexity index is 416. The lowest BCUT2D eigenvalue weighted by Gasteiger charge is -2.08. The van der Waals surface area contributed by atoms with Crippen molar-refractivity contribution in [2.24, 2.45) is 5.92 Å². The summed E-state index contributed by atoms with van der Waals surface area (Å²) in [5.74, 6) is -0.166. The molecule has 0 unspecified atom stereocenters. The Morgan fingerprint density at radius 2 is 2.07 bits per heavy atom. The van der Waals surface area contributed by atoms with E-state index in [1.165, 1.54) is 12.1 Å². The quantitative estimate of drug-likeness (QED) is 0.788. The Kier molecular flexibility index (Phi) is 2.76. The van der Waals surface area contributed by atoms with Gasteiger partial charge in [-0.1, -0.05) is 23.2 Å². The van der Waals surface area contributed by atoms with Gasteiger partial charge in [0.2, 0.25) is 5.91 Å². The predicted octanol–water partition coefficient (Wildman–Crippen LogP) is 3.05. The van der Waals surface area contributed by atoms with E-state index in [1.807, 2.05) is 0 Å². The van der Waals surface area contributed by atoms with Crippen molar-refractivity contribution >= 4 is 34.8 Å². The Morgan fingerprint density at radius 1 is 1.40 bits per heavy atom. The average molecular weight is 246 g/mol. The first kappa shape index (κ1) is 10.6. The smallest absolute Gasteiger partial charge is 0.227 e. The highest BCUT2D eigenvalue weighted by Crippen LogP contribution is 2.37. The molecule has 80 valence electrons. The van der Waals surface area contributed by atoms with Gasteiger partial charge in [0, 0.05) is 10.9 Å². The van der Waals surface area contributed by atoms with Gasteiger partial charge in [-0.2, -0.15) is 0 Å². The van der Waals surface area contributed by atoms with Gasteiger partial charge >= 0.3 is 0 Å². The molecule has 0 radical (unpaired) electrons. The zero-order chi connectivity index (χ0) is 11.0. The van der Waals surface area contributed by atoms with E-state index in [-0.39, 0.29) is 28.3 Å². The Balaban J connectivity index is 2.22. The number of halogens is 2. The van der Waals surface area contributed by atoms with Crippen molar-refractivity contribution in [2.75, 3.05) is 5.32 Å². The van der Waals surface area contributed by atoms with Crippen LogP contribution >= 0.6 is 23.2 Å². The highest BCUT2D eigenvalue weighted by molar-refractivity contribution is 6.36. The SMILES string of the molecule is O=C(Nc1cc(Cl)cc(Cl)c1O)C1CC1. The van der Waals surface area contributed by atoms with E-state index in [0.717, 1.165) is 12.8 Å². The standard InChI is InChI=1S/C10H9Cl2NO2/c11-6-3-7(12)9(14)8(4-6)13-10(15)5-1-2-5/h3-5,14H,1-2H2,(H,13,15). The first-order valence-corrected chi connectivity index (χ1v) is 5.32. The number of aromatic hydroxyl groups is 1. The molecule has 5 heteroatoms. The minimum absolute atomic E-state index is 0.0714. The second-order valence-corrected chi connectivity index (χ2v) is 4.39. The first-order valence-electron chi connectivity index (χ1n) is 4.57. The van der Waals surface area contributed by atoms with Crippen LogP contribution in [0.2, 0.25) is 10.0 Å². The maximum atomic E-state index is 11.4. The Hall–Kier alpha value is -0.930. The second-order valence-electron chi connectivity index (χ2n) is 3.55. The molecule has 0 aromatic heterocycles. The molecule has 1 aromatic rings. The third kappa shape index (κ3) is 2.36. The molecule has 2 N–H and O–H groups in total. The van der Waals surface area contributed by atoms with E-state index < -0.39 is 0 Å². The minimum atomic E-state index is -0.143. The van der Waals surface area contributed by atoms with Gasteiger partial charge in [-0.05, 0) is 25.0 Å². The minimum Gasteiger partial charge on any atom is -0.504 e. The summed E-state index contributed by atoms with van der Waals surface area (Å²) in [5, 5.41) is 12.7. The first-order chi connectivity index (χ1) is 7.08. The van der Waals surface area contributed by atoms with Gasteiger partial charge in [0.15, 0.2) is 5.75 Å². The molecular formula is C10H9Cl2NO2. The van der Waals surface area contributed by atoms with E-state index in [1.54, 1.807) is 0 Å². The van der Waals surface area contributed by atoms with Crippen LogP contribution in [0, 0.1) is 5.92 Å². The molecule has 0 spiro atoms. The molecule has 0 bridgehead atoms. The number of amides is 1. The molecule has 1 saturated carbocycles. The van der Waals surface area contributed by atoms with Crippen LogP contribution in [0.5, 0.6) is 5.75 Å². The zero-order valence-corrected chi connectivity index (χ0v) is 9.27. The summed E-state index contributed by atoms with van der Waals surface area (Å²) in [4.78, 5) is 11.4. The lowest BCUT2D eigenvalue weighted by Crippen LogP contribution is -2.13. The molecule has 1 aliphatic rings. The number of hydrogen-bond donors (Lipinski definition) is 2. The van der Waals surface area contributed by atoms with Crippen LogP contribution in [0.4, 0.5) is 5.69 Å². The number of phenols is 1. The van der Waals surface area contributed by atoms with Crippen LogP contribution in [-0.4, -0.2) is 11.0 Å². The van der Waals surface area contributed by atoms with Gasteiger partial charge in [0.05, 0.1) is 10.7 Å². The second kappa shape index (κ2) is 3.91. The number of carbonyl (C=O) groups excluding carboxylic acids is 1. The van der Waals surface area contributed by atoms with E-state index in [0.29, 0.717) is 5.02 Å². The van der Waals surface area contributed by atoms with Gasteiger partial charge in [0.25, 0.3) is 0 Å². The lowest BCUT2D eigenvalue weighted by molar-refractivity contribution is -0.117. The molecule has 1 amide bonds. The van der Waals surface area contributed by atoms with Crippen molar-refractivity contribution in [3.05, 3.63) is 22.2 Å². The maximum Gasteiger partial charge on any atom is 0.227 e. The number of anilines is 1. The van der Waals surface area contributed by atoms with Crippen molar-refractivity contribution in [3.8, 4) is 5.75 Å². The van der Waals surface area contributed by atoms with E-state index >= 15 is 0 Å². The number of phenolic OH excluding ortho intramolecular Hbond substituents is 1. The molecule has 3 nitrogen and oxygen atoms in total. The summed E-state index contributed by atoms with van der Waals surface area (Å²) in [6.07, 6.45) is 1.81. The Morgan fingerprint density at radius 3 is 2.67 bits per heavy atom. The molecular weight excluding hydrogens is 237 g/mol. The van der Waals surface area contributed by atoms with Gasteiger partial charge in [-0.3, -0.25) is 4.79 Å². The van der Waals surface area contributed by atoms with Crippen molar-refractivity contribution in [1.29, 1.82) is 0 Å². The van der Waals surface area contributed by atoms with Crippen LogP contribution in [0.3, 0.4) is 0 Å². The number of nitrogens with one attached hydrogen (secondary N) is 1. The largest absolute Gasteiger partial charge is 0.504 e. The van der Waals surface area contributed by atoms with Gasteiger partial charge in [0.1, 0.15) is 0 Å². The molecule has 0 atom stereocenters.